The van der Waals surface area contributed by atoms with Gasteiger partial charge in [0.25, 0.3) is 0 Å². The Labute approximate surface area is 125 Å². The molecule has 0 spiro atoms. The van der Waals surface area contributed by atoms with Gasteiger partial charge in [-0.2, -0.15) is 0 Å². The summed E-state index contributed by atoms with van der Waals surface area (Å²) in [5.41, 5.74) is 5.74. The molecule has 6 heteroatoms. The molecule has 0 aliphatic carbocycles. The maximum atomic E-state index is 12.2. The molecule has 1 saturated heterocycles. The zero-order valence-electron chi connectivity index (χ0n) is 12.8. The summed E-state index contributed by atoms with van der Waals surface area (Å²) >= 11 is 0. The highest BCUT2D eigenvalue weighted by atomic mass is 16.6. The van der Waals surface area contributed by atoms with E-state index in [1.54, 1.807) is 23.4 Å². The van der Waals surface area contributed by atoms with Gasteiger partial charge in [0.05, 0.1) is 24.1 Å². The summed E-state index contributed by atoms with van der Waals surface area (Å²) in [4.78, 5) is 17.9. The maximum Gasteiger partial charge on any atom is 0.410 e. The van der Waals surface area contributed by atoms with Crippen LogP contribution < -0.4 is 10.5 Å². The lowest BCUT2D eigenvalue weighted by atomic mass is 10.2. The predicted octanol–water partition coefficient (Wildman–Crippen LogP) is 2.44. The average molecular weight is 293 g/mol. The topological polar surface area (TPSA) is 77.7 Å². The van der Waals surface area contributed by atoms with E-state index < -0.39 is 5.60 Å². The first-order valence-electron chi connectivity index (χ1n) is 7.18. The second-order valence-electron chi connectivity index (χ2n) is 6.23. The Morgan fingerprint density at radius 2 is 2.24 bits per heavy atom. The molecule has 21 heavy (non-hydrogen) atoms. The van der Waals surface area contributed by atoms with Crippen LogP contribution in [0.15, 0.2) is 18.5 Å². The van der Waals surface area contributed by atoms with Gasteiger partial charge in [-0.1, -0.05) is 0 Å². The molecule has 2 heterocycles. The van der Waals surface area contributed by atoms with Gasteiger partial charge < -0.3 is 20.1 Å². The number of anilines is 1. The van der Waals surface area contributed by atoms with Crippen molar-refractivity contribution >= 4 is 11.8 Å². The molecular formula is C15H23N3O3. The van der Waals surface area contributed by atoms with Crippen molar-refractivity contribution in [3.05, 3.63) is 18.5 Å². The Balaban J connectivity index is 1.91. The summed E-state index contributed by atoms with van der Waals surface area (Å²) in [7, 11) is 0. The number of nitrogens with zero attached hydrogens (tertiary/aromatic N) is 2. The zero-order valence-corrected chi connectivity index (χ0v) is 12.8. The first kappa shape index (κ1) is 15.4. The van der Waals surface area contributed by atoms with Crippen molar-refractivity contribution in [2.45, 2.75) is 45.3 Å². The van der Waals surface area contributed by atoms with Gasteiger partial charge in [-0.05, 0) is 33.6 Å². The van der Waals surface area contributed by atoms with Crippen molar-refractivity contribution in [3.8, 4) is 5.75 Å². The van der Waals surface area contributed by atoms with Crippen LogP contribution in [0.1, 0.15) is 33.6 Å². The minimum atomic E-state index is -0.483. The van der Waals surface area contributed by atoms with Crippen molar-refractivity contribution in [1.29, 1.82) is 0 Å². The number of carbonyl (C=O) groups excluding carboxylic acids is 1. The fourth-order valence-corrected chi connectivity index (χ4v) is 2.28. The third kappa shape index (κ3) is 4.51. The summed E-state index contributed by atoms with van der Waals surface area (Å²) < 4.78 is 11.1. The van der Waals surface area contributed by atoms with Crippen LogP contribution in [0.3, 0.4) is 0 Å². The van der Waals surface area contributed by atoms with E-state index in [9.17, 15) is 4.79 Å². The van der Waals surface area contributed by atoms with E-state index in [-0.39, 0.29) is 12.1 Å². The van der Waals surface area contributed by atoms with Gasteiger partial charge in [-0.3, -0.25) is 4.98 Å². The Kier molecular flexibility index (Phi) is 4.55. The first-order chi connectivity index (χ1) is 9.85. The molecule has 116 valence electrons. The summed E-state index contributed by atoms with van der Waals surface area (Å²) in [6.07, 6.45) is 4.77. The Bertz CT molecular complexity index is 499. The molecule has 1 atom stereocenters. The van der Waals surface area contributed by atoms with Crippen molar-refractivity contribution in [1.82, 2.24) is 9.88 Å². The van der Waals surface area contributed by atoms with Gasteiger partial charge in [-0.15, -0.1) is 0 Å². The smallest absolute Gasteiger partial charge is 0.410 e. The van der Waals surface area contributed by atoms with Gasteiger partial charge in [0.2, 0.25) is 0 Å². The zero-order chi connectivity index (χ0) is 15.5. The van der Waals surface area contributed by atoms with E-state index in [1.807, 2.05) is 20.8 Å². The highest BCUT2D eigenvalue weighted by Gasteiger charge is 2.32. The summed E-state index contributed by atoms with van der Waals surface area (Å²) in [5, 5.41) is 0. The monoisotopic (exact) mass is 293 g/mol. The third-order valence-electron chi connectivity index (χ3n) is 3.18. The highest BCUT2D eigenvalue weighted by Crippen LogP contribution is 2.22. The lowest BCUT2D eigenvalue weighted by Gasteiger charge is -2.28. The fourth-order valence-electron chi connectivity index (χ4n) is 2.28. The molecule has 1 unspecified atom stereocenters. The van der Waals surface area contributed by atoms with Crippen LogP contribution in [0.25, 0.3) is 0 Å². The van der Waals surface area contributed by atoms with Crippen LogP contribution in [-0.4, -0.2) is 40.8 Å². The van der Waals surface area contributed by atoms with Crippen molar-refractivity contribution in [3.63, 3.8) is 0 Å². The SMILES string of the molecule is CC(C)(C)OC(=O)N1CCCC1COc1cncc(N)c1. The number of aromatic nitrogens is 1. The summed E-state index contributed by atoms with van der Waals surface area (Å²) in [6.45, 7) is 6.73. The number of likely N-dealkylation sites (tertiary alicyclic amines) is 1. The molecule has 6 nitrogen and oxygen atoms in total. The molecule has 1 fully saturated rings. The molecule has 2 rings (SSSR count). The number of hydrogen-bond donors (Lipinski definition) is 1. The quantitative estimate of drug-likeness (QED) is 0.926. The third-order valence-corrected chi connectivity index (χ3v) is 3.18. The lowest BCUT2D eigenvalue weighted by molar-refractivity contribution is 0.0187. The van der Waals surface area contributed by atoms with Crippen LogP contribution in [0.5, 0.6) is 5.75 Å². The molecule has 1 aliphatic rings. The number of ether oxygens (including phenoxy) is 2. The molecule has 0 aromatic carbocycles. The summed E-state index contributed by atoms with van der Waals surface area (Å²) in [6, 6.07) is 1.75. The number of hydrogen-bond acceptors (Lipinski definition) is 5. The van der Waals surface area contributed by atoms with E-state index in [0.717, 1.165) is 12.8 Å². The molecule has 1 amide bonds. The highest BCUT2D eigenvalue weighted by molar-refractivity contribution is 5.69. The second kappa shape index (κ2) is 6.20. The van der Waals surface area contributed by atoms with Gasteiger partial charge in [0.1, 0.15) is 18.0 Å². The minimum absolute atomic E-state index is 0.0290. The van der Waals surface area contributed by atoms with E-state index in [0.29, 0.717) is 24.6 Å². The standard InChI is InChI=1S/C15H23N3O3/c1-15(2,3)21-14(19)18-6-4-5-12(18)10-20-13-7-11(16)8-17-9-13/h7-9,12H,4-6,10,16H2,1-3H3. The van der Waals surface area contributed by atoms with E-state index in [4.69, 9.17) is 15.2 Å². The molecule has 2 N–H and O–H groups in total. The summed E-state index contributed by atoms with van der Waals surface area (Å²) in [5.74, 6) is 0.617. The van der Waals surface area contributed by atoms with Crippen LogP contribution in [0.4, 0.5) is 10.5 Å². The van der Waals surface area contributed by atoms with E-state index in [1.165, 1.54) is 0 Å². The van der Waals surface area contributed by atoms with E-state index in [2.05, 4.69) is 4.98 Å². The normalized spacial score (nSPS) is 18.6. The number of carbonyl (C=O) groups is 1. The molecule has 0 radical (unpaired) electrons. The van der Waals surface area contributed by atoms with Gasteiger partial charge >= 0.3 is 6.09 Å². The average Bonchev–Trinajstić information content (AvgIpc) is 2.83. The largest absolute Gasteiger partial charge is 0.490 e. The maximum absolute atomic E-state index is 12.2. The van der Waals surface area contributed by atoms with Gasteiger partial charge in [0.15, 0.2) is 0 Å². The van der Waals surface area contributed by atoms with Crippen molar-refractivity contribution in [2.75, 3.05) is 18.9 Å². The molecule has 1 aromatic rings. The van der Waals surface area contributed by atoms with Crippen LogP contribution in [0.2, 0.25) is 0 Å². The number of pyridine rings is 1. The minimum Gasteiger partial charge on any atom is -0.490 e. The molecule has 1 aliphatic heterocycles. The molecule has 1 aromatic heterocycles. The Morgan fingerprint density at radius 3 is 2.90 bits per heavy atom. The molecular weight excluding hydrogens is 270 g/mol. The Morgan fingerprint density at radius 1 is 1.48 bits per heavy atom. The lowest BCUT2D eigenvalue weighted by Crippen LogP contribution is -2.42. The predicted molar refractivity (Wildman–Crippen MR) is 80.1 cm³/mol. The van der Waals surface area contributed by atoms with E-state index >= 15 is 0 Å². The van der Waals surface area contributed by atoms with Crippen LogP contribution >= 0.6 is 0 Å². The molecule has 0 saturated carbocycles. The van der Waals surface area contributed by atoms with Crippen LogP contribution in [-0.2, 0) is 4.74 Å². The fraction of sp³-hybridized carbons (Fsp3) is 0.600. The second-order valence-corrected chi connectivity index (χ2v) is 6.23. The van der Waals surface area contributed by atoms with Crippen molar-refractivity contribution in [2.24, 2.45) is 0 Å². The number of amides is 1. The van der Waals surface area contributed by atoms with Gasteiger partial charge in [0, 0.05) is 12.6 Å². The van der Waals surface area contributed by atoms with Crippen LogP contribution in [0, 0.1) is 0 Å². The van der Waals surface area contributed by atoms with Crippen molar-refractivity contribution < 1.29 is 14.3 Å². The number of nitrogens with two attached hydrogens (primary N) is 1. The number of rotatable bonds is 3. The number of nitrogen functional groups attached to an aromatic ring is 1. The van der Waals surface area contributed by atoms with Gasteiger partial charge in [-0.25, -0.2) is 4.79 Å². The Hall–Kier alpha value is -1.98. The first-order valence-corrected chi connectivity index (χ1v) is 7.18. The molecule has 0 bridgehead atoms.